The summed E-state index contributed by atoms with van der Waals surface area (Å²) in [4.78, 5) is 27.3. The van der Waals surface area contributed by atoms with E-state index in [1.54, 1.807) is 19.0 Å². The van der Waals surface area contributed by atoms with E-state index in [0.29, 0.717) is 37.5 Å². The summed E-state index contributed by atoms with van der Waals surface area (Å²) in [6.45, 7) is 2.00. The van der Waals surface area contributed by atoms with Gasteiger partial charge in [0, 0.05) is 38.8 Å². The molecule has 0 aromatic heterocycles. The molecule has 0 N–H and O–H groups in total. The molecule has 0 radical (unpaired) electrons. The number of nitrogens with zero attached hydrogens (tertiary/aromatic N) is 2. The molecule has 4 rings (SSSR count). The van der Waals surface area contributed by atoms with Gasteiger partial charge in [-0.15, -0.1) is 0 Å². The van der Waals surface area contributed by atoms with Crippen LogP contribution in [-0.2, 0) is 22.6 Å². The fraction of sp³-hybridized carbons (Fsp3) is 0.500. The lowest BCUT2D eigenvalue weighted by Crippen LogP contribution is -2.39. The Hall–Kier alpha value is -3.16. The average Bonchev–Trinajstić information content (AvgIpc) is 3.65. The van der Waals surface area contributed by atoms with Crippen LogP contribution in [-0.4, -0.2) is 55.6 Å². The van der Waals surface area contributed by atoms with E-state index in [4.69, 9.17) is 9.47 Å². The van der Waals surface area contributed by atoms with Gasteiger partial charge in [0.05, 0.1) is 13.0 Å². The second-order valence-corrected chi connectivity index (χ2v) is 10.0. The molecular weight excluding hydrogens is 466 g/mol. The highest BCUT2D eigenvalue weighted by Crippen LogP contribution is 2.49. The highest BCUT2D eigenvalue weighted by atomic mass is 19.1. The third-order valence-electron chi connectivity index (χ3n) is 7.27. The van der Waals surface area contributed by atoms with Gasteiger partial charge in [0.2, 0.25) is 5.91 Å². The molecule has 2 aromatic rings. The van der Waals surface area contributed by atoms with Crippen LogP contribution in [0.3, 0.4) is 0 Å². The van der Waals surface area contributed by atoms with Crippen molar-refractivity contribution in [3.05, 3.63) is 65.2 Å². The SMILES string of the molecule is CN(C)C(=O)Cc1cc(F)c(OCCC2C[C@@H]2C2CCN(C(=O)OCc3ccccc3)CC2)cc1F. The van der Waals surface area contributed by atoms with Gasteiger partial charge in [-0.05, 0) is 55.1 Å². The van der Waals surface area contributed by atoms with Crippen molar-refractivity contribution in [1.82, 2.24) is 9.80 Å². The molecule has 2 aromatic carbocycles. The Morgan fingerprint density at radius 2 is 1.78 bits per heavy atom. The van der Waals surface area contributed by atoms with Gasteiger partial charge >= 0.3 is 6.09 Å². The summed E-state index contributed by atoms with van der Waals surface area (Å²) < 4.78 is 39.7. The summed E-state index contributed by atoms with van der Waals surface area (Å²) in [5.74, 6) is -0.0362. The number of amides is 2. The van der Waals surface area contributed by atoms with Crippen LogP contribution in [0, 0.1) is 29.4 Å². The monoisotopic (exact) mass is 500 g/mol. The summed E-state index contributed by atoms with van der Waals surface area (Å²) in [6, 6.07) is 11.7. The molecule has 36 heavy (non-hydrogen) atoms. The molecule has 1 aliphatic carbocycles. The Morgan fingerprint density at radius 1 is 1.06 bits per heavy atom. The van der Waals surface area contributed by atoms with Crippen LogP contribution >= 0.6 is 0 Å². The maximum Gasteiger partial charge on any atom is 0.410 e. The molecule has 2 aliphatic rings. The van der Waals surface area contributed by atoms with Crippen LogP contribution in [0.25, 0.3) is 0 Å². The highest BCUT2D eigenvalue weighted by Gasteiger charge is 2.43. The fourth-order valence-electron chi connectivity index (χ4n) is 4.96. The summed E-state index contributed by atoms with van der Waals surface area (Å²) >= 11 is 0. The van der Waals surface area contributed by atoms with Gasteiger partial charge in [0.25, 0.3) is 0 Å². The number of rotatable bonds is 9. The van der Waals surface area contributed by atoms with Gasteiger partial charge in [-0.2, -0.15) is 0 Å². The summed E-state index contributed by atoms with van der Waals surface area (Å²) in [7, 11) is 3.15. The topological polar surface area (TPSA) is 59.1 Å². The summed E-state index contributed by atoms with van der Waals surface area (Å²) in [5.41, 5.74) is 0.998. The zero-order valence-corrected chi connectivity index (χ0v) is 20.9. The number of halogens is 2. The minimum atomic E-state index is -0.656. The lowest BCUT2D eigenvalue weighted by atomic mass is 9.91. The van der Waals surface area contributed by atoms with Gasteiger partial charge in [-0.25, -0.2) is 13.6 Å². The average molecular weight is 501 g/mol. The van der Waals surface area contributed by atoms with Crippen LogP contribution in [0.5, 0.6) is 5.75 Å². The second kappa shape index (κ2) is 11.7. The van der Waals surface area contributed by atoms with E-state index in [2.05, 4.69) is 0 Å². The fourth-order valence-corrected chi connectivity index (χ4v) is 4.96. The maximum absolute atomic E-state index is 14.4. The number of hydrogen-bond donors (Lipinski definition) is 0. The lowest BCUT2D eigenvalue weighted by molar-refractivity contribution is -0.128. The van der Waals surface area contributed by atoms with Crippen molar-refractivity contribution in [2.24, 2.45) is 17.8 Å². The van der Waals surface area contributed by atoms with Gasteiger partial charge in [-0.1, -0.05) is 30.3 Å². The van der Waals surface area contributed by atoms with E-state index in [9.17, 15) is 18.4 Å². The van der Waals surface area contributed by atoms with Crippen LogP contribution < -0.4 is 4.74 Å². The Morgan fingerprint density at radius 3 is 2.47 bits per heavy atom. The molecule has 8 heteroatoms. The smallest absolute Gasteiger partial charge is 0.410 e. The zero-order valence-electron chi connectivity index (χ0n) is 20.9. The summed E-state index contributed by atoms with van der Waals surface area (Å²) in [5, 5.41) is 0. The van der Waals surface area contributed by atoms with E-state index in [1.165, 1.54) is 4.90 Å². The third-order valence-corrected chi connectivity index (χ3v) is 7.27. The van der Waals surface area contributed by atoms with Gasteiger partial charge in [0.1, 0.15) is 12.4 Å². The molecule has 1 aliphatic heterocycles. The molecule has 1 unspecified atom stereocenters. The predicted molar refractivity (Wildman–Crippen MR) is 131 cm³/mol. The number of ether oxygens (including phenoxy) is 2. The van der Waals surface area contributed by atoms with Crippen molar-refractivity contribution in [1.29, 1.82) is 0 Å². The first-order chi connectivity index (χ1) is 17.3. The molecule has 2 amide bonds. The Labute approximate surface area is 211 Å². The van der Waals surface area contributed by atoms with Crippen molar-refractivity contribution in [2.45, 2.75) is 38.7 Å². The number of carbonyl (C=O) groups excluding carboxylic acids is 2. The Bertz CT molecular complexity index is 1060. The number of likely N-dealkylation sites (N-methyl/N-ethyl adjacent to an activating group) is 1. The van der Waals surface area contributed by atoms with Crippen LogP contribution in [0.4, 0.5) is 13.6 Å². The molecular formula is C28H34F2N2O4. The third kappa shape index (κ3) is 6.74. The number of hydrogen-bond acceptors (Lipinski definition) is 4. The number of likely N-dealkylation sites (tertiary alicyclic amines) is 1. The molecule has 194 valence electrons. The molecule has 6 nitrogen and oxygen atoms in total. The number of benzene rings is 2. The van der Waals surface area contributed by atoms with Crippen molar-refractivity contribution in [3.63, 3.8) is 0 Å². The quantitative estimate of drug-likeness (QED) is 0.484. The molecule has 0 bridgehead atoms. The van der Waals surface area contributed by atoms with Crippen molar-refractivity contribution >= 4 is 12.0 Å². The van der Waals surface area contributed by atoms with Gasteiger partial charge in [0.15, 0.2) is 11.6 Å². The molecule has 2 atom stereocenters. The lowest BCUT2D eigenvalue weighted by Gasteiger charge is -2.31. The molecule has 1 saturated heterocycles. The predicted octanol–water partition coefficient (Wildman–Crippen LogP) is 5.05. The van der Waals surface area contributed by atoms with Crippen LogP contribution in [0.15, 0.2) is 42.5 Å². The van der Waals surface area contributed by atoms with E-state index in [1.807, 2.05) is 30.3 Å². The van der Waals surface area contributed by atoms with E-state index >= 15 is 0 Å². The number of piperidine rings is 1. The Balaban J connectivity index is 1.16. The minimum absolute atomic E-state index is 0.0242. The van der Waals surface area contributed by atoms with E-state index < -0.39 is 11.6 Å². The first kappa shape index (κ1) is 25.9. The van der Waals surface area contributed by atoms with Gasteiger partial charge in [-0.3, -0.25) is 4.79 Å². The first-order valence-corrected chi connectivity index (χ1v) is 12.6. The molecule has 1 saturated carbocycles. The molecule has 1 heterocycles. The van der Waals surface area contributed by atoms with Gasteiger partial charge < -0.3 is 19.3 Å². The maximum atomic E-state index is 14.4. The molecule has 2 fully saturated rings. The van der Waals surface area contributed by atoms with Crippen molar-refractivity contribution in [2.75, 3.05) is 33.8 Å². The standard InChI is InChI=1S/C28H34F2N2O4/c1-31(2)27(33)16-22-15-25(30)26(17-24(22)29)35-13-10-21-14-23(21)20-8-11-32(12-9-20)28(34)36-18-19-6-4-3-5-7-19/h3-7,15,17,20-21,23H,8-14,16,18H2,1-2H3/t21?,23-/m1/s1. The van der Waals surface area contributed by atoms with Crippen LogP contribution in [0.1, 0.15) is 36.8 Å². The van der Waals surface area contributed by atoms with Crippen molar-refractivity contribution in [3.8, 4) is 5.75 Å². The Kier molecular flexibility index (Phi) is 8.44. The van der Waals surface area contributed by atoms with Crippen molar-refractivity contribution < 1.29 is 27.8 Å². The number of carbonyl (C=O) groups is 2. The van der Waals surface area contributed by atoms with E-state index in [0.717, 1.165) is 43.4 Å². The zero-order chi connectivity index (χ0) is 25.7. The first-order valence-electron chi connectivity index (χ1n) is 12.6. The summed E-state index contributed by atoms with van der Waals surface area (Å²) in [6.07, 6.45) is 3.35. The highest BCUT2D eigenvalue weighted by molar-refractivity contribution is 5.78. The second-order valence-electron chi connectivity index (χ2n) is 10.0. The molecule has 0 spiro atoms. The normalized spacial score (nSPS) is 19.6. The van der Waals surface area contributed by atoms with E-state index in [-0.39, 0.29) is 36.3 Å². The largest absolute Gasteiger partial charge is 0.490 e. The van der Waals surface area contributed by atoms with Crippen LogP contribution in [0.2, 0.25) is 0 Å². The minimum Gasteiger partial charge on any atom is -0.490 e.